The Morgan fingerprint density at radius 3 is 0.724 bits per heavy atom. The van der Waals surface area contributed by atoms with Crippen LogP contribution < -0.4 is 4.90 Å². The Bertz CT molecular complexity index is 4180. The van der Waals surface area contributed by atoms with Crippen molar-refractivity contribution in [2.45, 2.75) is 16.2 Å². The zero-order valence-corrected chi connectivity index (χ0v) is 41.4. The number of hydrogen-bond donors (Lipinski definition) is 0. The van der Waals surface area contributed by atoms with Gasteiger partial charge in [0.05, 0.1) is 21.9 Å². The highest BCUT2D eigenvalue weighted by Gasteiger charge is 2.56. The van der Waals surface area contributed by atoms with Crippen LogP contribution in [0.1, 0.15) is 66.8 Å². The molecule has 0 saturated heterocycles. The first kappa shape index (κ1) is 40.9. The number of hydrogen-bond acceptors (Lipinski definition) is 1. The third-order valence-electron chi connectivity index (χ3n) is 18.7. The molecule has 0 saturated carbocycles. The van der Waals surface area contributed by atoms with Crippen LogP contribution in [0.15, 0.2) is 273 Å². The van der Waals surface area contributed by atoms with E-state index in [1.165, 1.54) is 139 Å². The predicted octanol–water partition coefficient (Wildman–Crippen LogP) is 18.2. The molecule has 6 aliphatic carbocycles. The third-order valence-corrected chi connectivity index (χ3v) is 18.7. The molecule has 350 valence electrons. The fourth-order valence-corrected chi connectivity index (χ4v) is 16.2. The molecule has 12 aromatic rings. The average Bonchev–Trinajstić information content (AvgIpc) is 4.49. The highest BCUT2D eigenvalue weighted by atomic mass is 15.1. The fourth-order valence-electron chi connectivity index (χ4n) is 16.2. The number of benzene rings is 12. The first-order valence-corrected chi connectivity index (χ1v) is 26.8. The molecule has 0 atom stereocenters. The van der Waals surface area contributed by atoms with Gasteiger partial charge < -0.3 is 4.90 Å². The van der Waals surface area contributed by atoms with Crippen molar-refractivity contribution in [2.24, 2.45) is 0 Å². The second-order valence-corrected chi connectivity index (χ2v) is 21.7. The van der Waals surface area contributed by atoms with E-state index in [1.54, 1.807) is 0 Å². The lowest BCUT2D eigenvalue weighted by Gasteiger charge is -2.37. The SMILES string of the molecule is c1ccc2c(c1)-c1ccccc1C21c2ccccc2-c2ccc(N(c3ccc4c(c3)C3(c5ccccc5-c5ccccc53)c3ccccc3-4)c3cccc4c3C3(c5ccccc5-c5ccccc53)c3ccccc3-4)cc21. The number of anilines is 3. The average molecular weight is 960 g/mol. The Labute approximate surface area is 442 Å². The van der Waals surface area contributed by atoms with Gasteiger partial charge in [0.2, 0.25) is 0 Å². The lowest BCUT2D eigenvalue weighted by molar-refractivity contribution is 0.788. The second kappa shape index (κ2) is 14.4. The maximum absolute atomic E-state index is 2.66. The van der Waals surface area contributed by atoms with E-state index in [0.29, 0.717) is 0 Å². The molecule has 0 aromatic heterocycles. The molecule has 0 radical (unpaired) electrons. The molecule has 0 heterocycles. The van der Waals surface area contributed by atoms with Crippen molar-refractivity contribution in [2.75, 3.05) is 4.90 Å². The highest BCUT2D eigenvalue weighted by Crippen LogP contribution is 2.68. The lowest BCUT2D eigenvalue weighted by Crippen LogP contribution is -2.29. The minimum absolute atomic E-state index is 0.513. The normalized spacial score (nSPS) is 15.2. The summed E-state index contributed by atoms with van der Waals surface area (Å²) in [5.41, 5.74) is 33.4. The Morgan fingerprint density at radius 2 is 0.421 bits per heavy atom. The standard InChI is InChI=1S/C75H45N/c1-10-30-60-48(20-1)49-21-2-11-31-61(49)73(60)64-34-14-5-26-54(64)57-42-40-46(44-69(57)73)76(47-41-43-58-55-27-6-15-35-65(55)74(70(58)45-47)62-32-12-3-22-50(62)51-23-4-13-33-63(51)74)71-39-19-29-59-56-28-9-18-38-68(56)75(72(59)71)66-36-16-7-24-52(66)53-25-8-17-37-67(53)75/h1-45H. The van der Waals surface area contributed by atoms with Crippen molar-refractivity contribution in [3.8, 4) is 66.8 Å². The smallest absolute Gasteiger partial charge is 0.0746 e. The summed E-state index contributed by atoms with van der Waals surface area (Å²) in [5.74, 6) is 0. The van der Waals surface area contributed by atoms with E-state index in [0.717, 1.165) is 11.4 Å². The van der Waals surface area contributed by atoms with E-state index in [-0.39, 0.29) is 0 Å². The molecule has 12 aromatic carbocycles. The van der Waals surface area contributed by atoms with Crippen molar-refractivity contribution < 1.29 is 0 Å². The van der Waals surface area contributed by atoms with Crippen LogP contribution in [0.4, 0.5) is 17.1 Å². The minimum Gasteiger partial charge on any atom is -0.310 e. The molecular formula is C75H45N. The summed E-state index contributed by atoms with van der Waals surface area (Å²) in [5, 5.41) is 0. The Balaban J connectivity index is 0.973. The summed E-state index contributed by atoms with van der Waals surface area (Å²) in [4.78, 5) is 2.66. The molecule has 0 fully saturated rings. The molecule has 0 bridgehead atoms. The molecule has 0 unspecified atom stereocenters. The van der Waals surface area contributed by atoms with Crippen LogP contribution in [0.5, 0.6) is 0 Å². The van der Waals surface area contributed by atoms with Gasteiger partial charge in [0, 0.05) is 16.9 Å². The van der Waals surface area contributed by atoms with Gasteiger partial charge in [-0.1, -0.05) is 243 Å². The molecule has 3 spiro atoms. The molecule has 0 amide bonds. The summed E-state index contributed by atoms with van der Waals surface area (Å²) in [6.07, 6.45) is 0. The highest BCUT2D eigenvalue weighted by molar-refractivity contribution is 6.03. The number of rotatable bonds is 3. The molecular weight excluding hydrogens is 915 g/mol. The van der Waals surface area contributed by atoms with Gasteiger partial charge >= 0.3 is 0 Å². The van der Waals surface area contributed by atoms with Crippen molar-refractivity contribution in [3.05, 3.63) is 340 Å². The number of nitrogens with zero attached hydrogens (tertiary/aromatic N) is 1. The van der Waals surface area contributed by atoms with Gasteiger partial charge in [-0.2, -0.15) is 0 Å². The van der Waals surface area contributed by atoms with E-state index >= 15 is 0 Å². The lowest BCUT2D eigenvalue weighted by atomic mass is 9.69. The van der Waals surface area contributed by atoms with Gasteiger partial charge in [0.1, 0.15) is 0 Å². The predicted molar refractivity (Wildman–Crippen MR) is 310 cm³/mol. The van der Waals surface area contributed by atoms with E-state index in [1.807, 2.05) is 0 Å². The van der Waals surface area contributed by atoms with Crippen LogP contribution >= 0.6 is 0 Å². The van der Waals surface area contributed by atoms with E-state index in [4.69, 9.17) is 0 Å². The summed E-state index contributed by atoms with van der Waals surface area (Å²) in [7, 11) is 0. The summed E-state index contributed by atoms with van der Waals surface area (Å²) < 4.78 is 0. The van der Waals surface area contributed by atoms with Gasteiger partial charge in [-0.3, -0.25) is 0 Å². The molecule has 1 nitrogen and oxygen atoms in total. The summed E-state index contributed by atoms with van der Waals surface area (Å²) in [6.45, 7) is 0. The van der Waals surface area contributed by atoms with Crippen molar-refractivity contribution in [3.63, 3.8) is 0 Å². The van der Waals surface area contributed by atoms with Gasteiger partial charge in [0.25, 0.3) is 0 Å². The second-order valence-electron chi connectivity index (χ2n) is 21.7. The maximum atomic E-state index is 2.66. The third kappa shape index (κ3) is 4.60. The number of fused-ring (bicyclic) bond motifs is 30. The van der Waals surface area contributed by atoms with Gasteiger partial charge in [-0.15, -0.1) is 0 Å². The molecule has 18 rings (SSSR count). The minimum atomic E-state index is -0.580. The van der Waals surface area contributed by atoms with Crippen LogP contribution in [0.25, 0.3) is 66.8 Å². The molecule has 76 heavy (non-hydrogen) atoms. The van der Waals surface area contributed by atoms with Crippen LogP contribution in [-0.2, 0) is 16.2 Å². The van der Waals surface area contributed by atoms with Crippen LogP contribution in [0, 0.1) is 0 Å². The zero-order valence-electron chi connectivity index (χ0n) is 41.4. The van der Waals surface area contributed by atoms with Crippen LogP contribution in [0.3, 0.4) is 0 Å². The zero-order chi connectivity index (χ0) is 49.5. The van der Waals surface area contributed by atoms with E-state index in [9.17, 15) is 0 Å². The van der Waals surface area contributed by atoms with Crippen molar-refractivity contribution >= 4 is 17.1 Å². The molecule has 6 aliphatic rings. The van der Waals surface area contributed by atoms with Crippen LogP contribution in [0.2, 0.25) is 0 Å². The van der Waals surface area contributed by atoms with Crippen molar-refractivity contribution in [1.29, 1.82) is 0 Å². The maximum Gasteiger partial charge on any atom is 0.0746 e. The first-order valence-electron chi connectivity index (χ1n) is 26.8. The monoisotopic (exact) mass is 959 g/mol. The summed E-state index contributed by atoms with van der Waals surface area (Å²) in [6, 6.07) is 105. The van der Waals surface area contributed by atoms with E-state index < -0.39 is 16.2 Å². The first-order chi connectivity index (χ1) is 37.7. The topological polar surface area (TPSA) is 3.24 Å². The van der Waals surface area contributed by atoms with Gasteiger partial charge in [0.15, 0.2) is 0 Å². The fraction of sp³-hybridized carbons (Fsp3) is 0.0400. The Kier molecular flexibility index (Phi) is 7.74. The van der Waals surface area contributed by atoms with Gasteiger partial charge in [-0.25, -0.2) is 0 Å². The molecule has 0 N–H and O–H groups in total. The van der Waals surface area contributed by atoms with Crippen LogP contribution in [-0.4, -0.2) is 0 Å². The van der Waals surface area contributed by atoms with Crippen molar-refractivity contribution in [1.82, 2.24) is 0 Å². The quantitative estimate of drug-likeness (QED) is 0.171. The van der Waals surface area contributed by atoms with E-state index in [2.05, 4.69) is 278 Å². The molecule has 1 heteroatoms. The van der Waals surface area contributed by atoms with Gasteiger partial charge in [-0.05, 0) is 158 Å². The largest absolute Gasteiger partial charge is 0.310 e. The molecule has 0 aliphatic heterocycles. The Hall–Kier alpha value is -9.56. The summed E-state index contributed by atoms with van der Waals surface area (Å²) >= 11 is 0. The Morgan fingerprint density at radius 1 is 0.184 bits per heavy atom.